The molecule has 2 aromatic carbocycles. The quantitative estimate of drug-likeness (QED) is 0.260. The maximum Gasteiger partial charge on any atom is 0.197 e. The number of phenols is 3. The molecule has 1 saturated heterocycles. The summed E-state index contributed by atoms with van der Waals surface area (Å²) in [4.78, 5) is 12.9. The van der Waals surface area contributed by atoms with Crippen LogP contribution in [0.3, 0.4) is 0 Å². The first kappa shape index (κ1) is 22.8. The summed E-state index contributed by atoms with van der Waals surface area (Å²) in [6.07, 6.45) is -7.70. The summed E-state index contributed by atoms with van der Waals surface area (Å²) in [7, 11) is 1.26. The van der Waals surface area contributed by atoms with Crippen molar-refractivity contribution >= 4 is 11.0 Å². The third kappa shape index (κ3) is 3.75. The Morgan fingerprint density at radius 3 is 2.30 bits per heavy atom. The van der Waals surface area contributed by atoms with Crippen LogP contribution in [0.25, 0.3) is 22.3 Å². The second-order valence-corrected chi connectivity index (χ2v) is 7.64. The van der Waals surface area contributed by atoms with E-state index in [-0.39, 0.29) is 39.4 Å². The van der Waals surface area contributed by atoms with Crippen LogP contribution in [-0.2, 0) is 4.74 Å². The standard InChI is InChI=1S/C22H22O11/c1-31-14-6-12(27)16-11(26)5-13(8-2-3-9(24)10(25)4-8)32-21(16)17(14)22-20(30)19(29)18(28)15(7-23)33-22/h2-6,15,18-20,22-25,27-30H,7H2,1H3/t15?,18-,19-,20?,22-/m0/s1. The molecule has 176 valence electrons. The van der Waals surface area contributed by atoms with Gasteiger partial charge in [-0.05, 0) is 18.2 Å². The molecule has 5 atom stereocenters. The van der Waals surface area contributed by atoms with E-state index < -0.39 is 54.1 Å². The van der Waals surface area contributed by atoms with Gasteiger partial charge in [0.05, 0.1) is 19.3 Å². The Morgan fingerprint density at radius 1 is 0.939 bits per heavy atom. The molecule has 0 radical (unpaired) electrons. The van der Waals surface area contributed by atoms with E-state index in [0.717, 1.165) is 18.2 Å². The Hall–Kier alpha value is -3.35. The van der Waals surface area contributed by atoms with Gasteiger partial charge in [-0.1, -0.05) is 0 Å². The third-order valence-corrected chi connectivity index (χ3v) is 5.64. The lowest BCUT2D eigenvalue weighted by atomic mass is 9.89. The van der Waals surface area contributed by atoms with Gasteiger partial charge in [-0.2, -0.15) is 0 Å². The number of rotatable bonds is 4. The minimum Gasteiger partial charge on any atom is -0.507 e. The number of ether oxygens (including phenoxy) is 2. The first-order valence-corrected chi connectivity index (χ1v) is 9.88. The Labute approximate surface area is 185 Å². The number of methoxy groups -OCH3 is 1. The number of aliphatic hydroxyl groups is 4. The largest absolute Gasteiger partial charge is 0.507 e. The molecule has 0 spiro atoms. The molecule has 11 heteroatoms. The lowest BCUT2D eigenvalue weighted by Crippen LogP contribution is -2.55. The molecule has 1 aliphatic heterocycles. The molecule has 7 N–H and O–H groups in total. The van der Waals surface area contributed by atoms with Crippen molar-refractivity contribution in [3.8, 4) is 34.3 Å². The molecule has 1 fully saturated rings. The van der Waals surface area contributed by atoms with Gasteiger partial charge in [0, 0.05) is 17.7 Å². The van der Waals surface area contributed by atoms with Gasteiger partial charge in [0.2, 0.25) is 0 Å². The summed E-state index contributed by atoms with van der Waals surface area (Å²) in [5.41, 5.74) is -0.758. The van der Waals surface area contributed by atoms with Crippen molar-refractivity contribution in [3.05, 3.63) is 46.1 Å². The molecule has 3 aromatic rings. The predicted octanol–water partition coefficient (Wildman–Crippen LogP) is 0.100. The van der Waals surface area contributed by atoms with E-state index in [9.17, 15) is 40.5 Å². The van der Waals surface area contributed by atoms with Crippen molar-refractivity contribution in [1.29, 1.82) is 0 Å². The molecule has 1 aromatic heterocycles. The maximum atomic E-state index is 12.9. The summed E-state index contributed by atoms with van der Waals surface area (Å²) < 4.78 is 16.8. The van der Waals surface area contributed by atoms with Crippen molar-refractivity contribution in [1.82, 2.24) is 0 Å². The molecule has 0 amide bonds. The molecule has 0 saturated carbocycles. The number of fused-ring (bicyclic) bond motifs is 1. The van der Waals surface area contributed by atoms with Gasteiger partial charge in [0.1, 0.15) is 53.2 Å². The van der Waals surface area contributed by atoms with Crippen LogP contribution in [0, 0.1) is 0 Å². The van der Waals surface area contributed by atoms with Crippen LogP contribution in [0.2, 0.25) is 0 Å². The number of phenolic OH excluding ortho intramolecular Hbond substituents is 3. The zero-order valence-electron chi connectivity index (χ0n) is 17.2. The molecule has 2 heterocycles. The number of benzene rings is 2. The number of hydrogen-bond acceptors (Lipinski definition) is 11. The fraction of sp³-hybridized carbons (Fsp3) is 0.318. The van der Waals surface area contributed by atoms with Gasteiger partial charge >= 0.3 is 0 Å². The van der Waals surface area contributed by atoms with Gasteiger partial charge in [0.25, 0.3) is 0 Å². The molecule has 11 nitrogen and oxygen atoms in total. The van der Waals surface area contributed by atoms with Crippen molar-refractivity contribution in [2.45, 2.75) is 30.5 Å². The molecule has 2 unspecified atom stereocenters. The van der Waals surface area contributed by atoms with E-state index in [1.54, 1.807) is 0 Å². The second kappa shape index (κ2) is 8.54. The Kier molecular flexibility index (Phi) is 5.91. The van der Waals surface area contributed by atoms with E-state index in [4.69, 9.17) is 13.9 Å². The van der Waals surface area contributed by atoms with Gasteiger partial charge in [-0.15, -0.1) is 0 Å². The summed E-state index contributed by atoms with van der Waals surface area (Å²) in [6.45, 7) is -0.679. The zero-order chi connectivity index (χ0) is 24.0. The highest BCUT2D eigenvalue weighted by Crippen LogP contribution is 2.44. The molecule has 1 aliphatic rings. The maximum absolute atomic E-state index is 12.9. The number of aromatic hydroxyl groups is 3. The monoisotopic (exact) mass is 462 g/mol. The van der Waals surface area contributed by atoms with Crippen LogP contribution in [0.15, 0.2) is 39.5 Å². The lowest BCUT2D eigenvalue weighted by Gasteiger charge is -2.40. The van der Waals surface area contributed by atoms with E-state index in [1.807, 2.05) is 0 Å². The van der Waals surface area contributed by atoms with E-state index in [1.165, 1.54) is 19.2 Å². The highest BCUT2D eigenvalue weighted by atomic mass is 16.5. The molecule has 0 bridgehead atoms. The molecular formula is C22H22O11. The van der Waals surface area contributed by atoms with Crippen LogP contribution >= 0.6 is 0 Å². The Bertz CT molecular complexity index is 1250. The fourth-order valence-corrected chi connectivity index (χ4v) is 3.91. The average Bonchev–Trinajstić information content (AvgIpc) is 2.79. The first-order chi connectivity index (χ1) is 15.7. The Balaban J connectivity index is 2.00. The molecule has 4 rings (SSSR count). The van der Waals surface area contributed by atoms with Crippen LogP contribution in [-0.4, -0.2) is 73.9 Å². The van der Waals surface area contributed by atoms with Crippen LogP contribution in [0.1, 0.15) is 11.7 Å². The fourth-order valence-electron chi connectivity index (χ4n) is 3.91. The van der Waals surface area contributed by atoms with E-state index in [0.29, 0.717) is 0 Å². The summed E-state index contributed by atoms with van der Waals surface area (Å²) in [6, 6.07) is 5.91. The minimum atomic E-state index is -1.71. The summed E-state index contributed by atoms with van der Waals surface area (Å²) >= 11 is 0. The number of aliphatic hydroxyl groups excluding tert-OH is 4. The lowest BCUT2D eigenvalue weighted by molar-refractivity contribution is -0.231. The van der Waals surface area contributed by atoms with E-state index >= 15 is 0 Å². The molecule has 0 aliphatic carbocycles. The average molecular weight is 462 g/mol. The van der Waals surface area contributed by atoms with Crippen molar-refractivity contribution < 1.29 is 49.6 Å². The summed E-state index contributed by atoms with van der Waals surface area (Å²) in [5.74, 6) is -1.44. The topological polar surface area (TPSA) is 190 Å². The normalized spacial score (nSPS) is 25.3. The van der Waals surface area contributed by atoms with Crippen molar-refractivity contribution in [2.75, 3.05) is 13.7 Å². The van der Waals surface area contributed by atoms with Gasteiger partial charge in [0.15, 0.2) is 22.5 Å². The highest BCUT2D eigenvalue weighted by Gasteiger charge is 2.46. The molecule has 33 heavy (non-hydrogen) atoms. The SMILES string of the molecule is COc1cc(O)c2c(=O)cc(-c3ccc(O)c(O)c3)oc2c1[C@@H]1OC(CO)[C@H](O)[C@H](O)C1O. The van der Waals surface area contributed by atoms with Gasteiger partial charge in [-0.25, -0.2) is 0 Å². The van der Waals surface area contributed by atoms with Crippen LogP contribution in [0.5, 0.6) is 23.0 Å². The van der Waals surface area contributed by atoms with Crippen LogP contribution < -0.4 is 10.2 Å². The van der Waals surface area contributed by atoms with Gasteiger partial charge in [-0.3, -0.25) is 4.79 Å². The number of hydrogen-bond donors (Lipinski definition) is 7. The molecular weight excluding hydrogens is 440 g/mol. The predicted molar refractivity (Wildman–Crippen MR) is 112 cm³/mol. The van der Waals surface area contributed by atoms with Crippen molar-refractivity contribution in [2.24, 2.45) is 0 Å². The van der Waals surface area contributed by atoms with Crippen LogP contribution in [0.4, 0.5) is 0 Å². The Morgan fingerprint density at radius 2 is 1.67 bits per heavy atom. The second-order valence-electron chi connectivity index (χ2n) is 7.64. The van der Waals surface area contributed by atoms with Crippen molar-refractivity contribution in [3.63, 3.8) is 0 Å². The minimum absolute atomic E-state index is 0.0517. The highest BCUT2D eigenvalue weighted by molar-refractivity contribution is 5.89. The smallest absolute Gasteiger partial charge is 0.197 e. The summed E-state index contributed by atoms with van der Waals surface area (Å²) in [5, 5.41) is 70.1. The third-order valence-electron chi connectivity index (χ3n) is 5.64. The van der Waals surface area contributed by atoms with Gasteiger partial charge < -0.3 is 49.6 Å². The first-order valence-electron chi connectivity index (χ1n) is 9.88. The zero-order valence-corrected chi connectivity index (χ0v) is 17.2. The van der Waals surface area contributed by atoms with E-state index in [2.05, 4.69) is 0 Å².